The van der Waals surface area contributed by atoms with E-state index in [9.17, 15) is 9.90 Å². The average Bonchev–Trinajstić information content (AvgIpc) is 2.45. The first-order valence-electron chi connectivity index (χ1n) is 6.57. The summed E-state index contributed by atoms with van der Waals surface area (Å²) in [6.07, 6.45) is 2.76. The number of carbonyl (C=O) groups excluding carboxylic acids is 1. The van der Waals surface area contributed by atoms with Gasteiger partial charge in [-0.05, 0) is 43.5 Å². The number of carbonyl (C=O) groups is 1. The molecule has 2 atom stereocenters. The summed E-state index contributed by atoms with van der Waals surface area (Å²) in [7, 11) is 1.61. The van der Waals surface area contributed by atoms with Crippen LogP contribution in [0.5, 0.6) is 5.75 Å². The third kappa shape index (κ3) is 3.86. The highest BCUT2D eigenvalue weighted by atomic mass is 16.5. The molecule has 0 radical (unpaired) electrons. The van der Waals surface area contributed by atoms with Gasteiger partial charge in [-0.1, -0.05) is 6.42 Å². The molecular weight excluding hydrogens is 244 g/mol. The lowest BCUT2D eigenvalue weighted by Crippen LogP contribution is -2.38. The van der Waals surface area contributed by atoms with Crippen LogP contribution in [-0.4, -0.2) is 24.2 Å². The molecule has 0 aliphatic heterocycles. The van der Waals surface area contributed by atoms with Gasteiger partial charge in [-0.25, -0.2) is 0 Å². The van der Waals surface area contributed by atoms with E-state index >= 15 is 0 Å². The predicted molar refractivity (Wildman–Crippen MR) is 72.7 cm³/mol. The van der Waals surface area contributed by atoms with Crippen molar-refractivity contribution in [3.63, 3.8) is 0 Å². The van der Waals surface area contributed by atoms with Crippen molar-refractivity contribution < 1.29 is 14.6 Å². The van der Waals surface area contributed by atoms with Crippen molar-refractivity contribution in [2.24, 2.45) is 5.92 Å². The Bertz CT molecular complexity index is 419. The Morgan fingerprint density at radius 3 is 2.68 bits per heavy atom. The minimum absolute atomic E-state index is 0.0606. The van der Waals surface area contributed by atoms with Gasteiger partial charge in [-0.2, -0.15) is 0 Å². The maximum atomic E-state index is 11.9. The maximum Gasteiger partial charge on any atom is 0.241 e. The Morgan fingerprint density at radius 1 is 1.32 bits per heavy atom. The van der Waals surface area contributed by atoms with Crippen LogP contribution in [0.3, 0.4) is 0 Å². The molecule has 3 N–H and O–H groups in total. The molecule has 0 bridgehead atoms. The van der Waals surface area contributed by atoms with Gasteiger partial charge in [0.15, 0.2) is 0 Å². The van der Waals surface area contributed by atoms with Gasteiger partial charge in [-0.15, -0.1) is 0 Å². The summed E-state index contributed by atoms with van der Waals surface area (Å²) in [6.45, 7) is 0. The zero-order valence-electron chi connectivity index (χ0n) is 11.1. The third-order valence-electron chi connectivity index (χ3n) is 3.44. The molecule has 104 valence electrons. The van der Waals surface area contributed by atoms with Gasteiger partial charge in [0.1, 0.15) is 5.75 Å². The molecule has 1 aromatic rings. The second-order valence-corrected chi connectivity index (χ2v) is 4.86. The van der Waals surface area contributed by atoms with Crippen LogP contribution in [0.15, 0.2) is 24.3 Å². The third-order valence-corrected chi connectivity index (χ3v) is 3.44. The maximum absolute atomic E-state index is 11.9. The van der Waals surface area contributed by atoms with Crippen LogP contribution >= 0.6 is 0 Å². The second-order valence-electron chi connectivity index (χ2n) is 4.86. The van der Waals surface area contributed by atoms with Crippen molar-refractivity contribution in [3.8, 4) is 5.75 Å². The van der Waals surface area contributed by atoms with Crippen LogP contribution in [0.4, 0.5) is 5.69 Å². The van der Waals surface area contributed by atoms with E-state index in [2.05, 4.69) is 10.9 Å². The van der Waals surface area contributed by atoms with E-state index in [0.717, 1.165) is 30.7 Å². The molecule has 2 rings (SSSR count). The lowest BCUT2D eigenvalue weighted by molar-refractivity contribution is -0.126. The van der Waals surface area contributed by atoms with Gasteiger partial charge in [-0.3, -0.25) is 15.6 Å². The summed E-state index contributed by atoms with van der Waals surface area (Å²) >= 11 is 0. The predicted octanol–water partition coefficient (Wildman–Crippen LogP) is 1.69. The molecule has 1 aliphatic rings. The summed E-state index contributed by atoms with van der Waals surface area (Å²) in [5.74, 6) is 0.608. The molecule has 0 aromatic heterocycles. The molecule has 19 heavy (non-hydrogen) atoms. The Labute approximate surface area is 112 Å². The smallest absolute Gasteiger partial charge is 0.241 e. The minimum Gasteiger partial charge on any atom is -0.497 e. The van der Waals surface area contributed by atoms with Crippen molar-refractivity contribution in [2.75, 3.05) is 12.5 Å². The molecular formula is C14H20N2O3. The first-order valence-corrected chi connectivity index (χ1v) is 6.57. The Morgan fingerprint density at radius 2 is 2.05 bits per heavy atom. The van der Waals surface area contributed by atoms with Gasteiger partial charge < -0.3 is 9.84 Å². The highest BCUT2D eigenvalue weighted by molar-refractivity contribution is 5.80. The van der Waals surface area contributed by atoms with Crippen molar-refractivity contribution >= 4 is 11.6 Å². The standard InChI is InChI=1S/C14H20N2O3/c1-19-13-7-5-11(6-8-13)15-16-14(18)10-3-2-4-12(17)9-10/h5-8,10,12,15,17H,2-4,9H2,1H3,(H,16,18). The van der Waals surface area contributed by atoms with Crippen LogP contribution in [0.25, 0.3) is 0 Å². The van der Waals surface area contributed by atoms with E-state index in [0.29, 0.717) is 6.42 Å². The number of hydrogen-bond acceptors (Lipinski definition) is 4. The fourth-order valence-electron chi connectivity index (χ4n) is 2.31. The van der Waals surface area contributed by atoms with Gasteiger partial charge >= 0.3 is 0 Å². The normalized spacial score (nSPS) is 22.6. The minimum atomic E-state index is -0.342. The van der Waals surface area contributed by atoms with Crippen molar-refractivity contribution in [1.29, 1.82) is 0 Å². The summed E-state index contributed by atoms with van der Waals surface area (Å²) < 4.78 is 5.06. The molecule has 1 amide bonds. The number of amides is 1. The summed E-state index contributed by atoms with van der Waals surface area (Å²) in [5, 5.41) is 9.56. The van der Waals surface area contributed by atoms with E-state index < -0.39 is 0 Å². The Kier molecular flexibility index (Phi) is 4.63. The first kappa shape index (κ1) is 13.7. The largest absolute Gasteiger partial charge is 0.497 e. The molecule has 1 fully saturated rings. The van der Waals surface area contributed by atoms with Crippen LogP contribution in [0.1, 0.15) is 25.7 Å². The SMILES string of the molecule is COc1ccc(NNC(=O)C2CCCC(O)C2)cc1. The van der Waals surface area contributed by atoms with Gasteiger partial charge in [0, 0.05) is 5.92 Å². The fraction of sp³-hybridized carbons (Fsp3) is 0.500. The number of anilines is 1. The Balaban J connectivity index is 1.82. The topological polar surface area (TPSA) is 70.6 Å². The Hall–Kier alpha value is -1.75. The molecule has 1 saturated carbocycles. The fourth-order valence-corrected chi connectivity index (χ4v) is 2.31. The van der Waals surface area contributed by atoms with Gasteiger partial charge in [0.2, 0.25) is 5.91 Å². The molecule has 0 heterocycles. The van der Waals surface area contributed by atoms with Crippen LogP contribution < -0.4 is 15.6 Å². The van der Waals surface area contributed by atoms with Crippen molar-refractivity contribution in [3.05, 3.63) is 24.3 Å². The molecule has 5 nitrogen and oxygen atoms in total. The highest BCUT2D eigenvalue weighted by Gasteiger charge is 2.25. The number of methoxy groups -OCH3 is 1. The van der Waals surface area contributed by atoms with E-state index in [1.54, 1.807) is 7.11 Å². The summed E-state index contributed by atoms with van der Waals surface area (Å²) in [5.41, 5.74) is 6.35. The highest BCUT2D eigenvalue weighted by Crippen LogP contribution is 2.24. The quantitative estimate of drug-likeness (QED) is 0.724. The number of aliphatic hydroxyl groups is 1. The number of nitrogens with one attached hydrogen (secondary N) is 2. The molecule has 0 saturated heterocycles. The second kappa shape index (κ2) is 6.43. The lowest BCUT2D eigenvalue weighted by atomic mass is 9.87. The monoisotopic (exact) mass is 264 g/mol. The zero-order chi connectivity index (χ0) is 13.7. The lowest BCUT2D eigenvalue weighted by Gasteiger charge is -2.25. The van der Waals surface area contributed by atoms with Crippen molar-refractivity contribution in [1.82, 2.24) is 5.43 Å². The van der Waals surface area contributed by atoms with E-state index in [-0.39, 0.29) is 17.9 Å². The molecule has 1 aromatic carbocycles. The number of ether oxygens (including phenoxy) is 1. The van der Waals surface area contributed by atoms with Crippen LogP contribution in [0, 0.1) is 5.92 Å². The molecule has 5 heteroatoms. The number of hydrogen-bond donors (Lipinski definition) is 3. The number of benzene rings is 1. The number of aliphatic hydroxyl groups excluding tert-OH is 1. The van der Waals surface area contributed by atoms with Crippen LogP contribution in [-0.2, 0) is 4.79 Å². The number of hydrazine groups is 1. The van der Waals surface area contributed by atoms with E-state index in [1.807, 2.05) is 24.3 Å². The van der Waals surface area contributed by atoms with Gasteiger partial charge in [0.25, 0.3) is 0 Å². The number of rotatable bonds is 4. The van der Waals surface area contributed by atoms with E-state index in [1.165, 1.54) is 0 Å². The summed E-state index contributed by atoms with van der Waals surface area (Å²) in [4.78, 5) is 11.9. The van der Waals surface area contributed by atoms with Crippen LogP contribution in [0.2, 0.25) is 0 Å². The van der Waals surface area contributed by atoms with Crippen molar-refractivity contribution in [2.45, 2.75) is 31.8 Å². The molecule has 2 unspecified atom stereocenters. The van der Waals surface area contributed by atoms with E-state index in [4.69, 9.17) is 4.74 Å². The van der Waals surface area contributed by atoms with Gasteiger partial charge in [0.05, 0.1) is 18.9 Å². The first-order chi connectivity index (χ1) is 9.19. The molecule has 1 aliphatic carbocycles. The zero-order valence-corrected chi connectivity index (χ0v) is 11.1. The average molecular weight is 264 g/mol. The molecule has 0 spiro atoms. The summed E-state index contributed by atoms with van der Waals surface area (Å²) in [6, 6.07) is 7.29.